The highest BCUT2D eigenvalue weighted by atomic mass is 35.5. The minimum atomic E-state index is -3.90. The van der Waals surface area contributed by atoms with Gasteiger partial charge in [-0.15, -0.1) is 0 Å². The number of hydrogen-bond donors (Lipinski definition) is 1. The van der Waals surface area contributed by atoms with Crippen molar-refractivity contribution in [2.45, 2.75) is 32.7 Å². The second kappa shape index (κ2) is 9.64. The monoisotopic (exact) mass is 404 g/mol. The summed E-state index contributed by atoms with van der Waals surface area (Å²) in [5.74, 6) is -0.212. The Bertz CT molecular complexity index is 831. The summed E-state index contributed by atoms with van der Waals surface area (Å²) >= 11 is 7.80. The maximum absolute atomic E-state index is 10.9. The SMILES string of the molecule is CCOCCC=Cc1sc2ccc(Cl)cc2[n+]1CCCCS(=O)(=O)O. The number of rotatable bonds is 10. The molecule has 0 fully saturated rings. The lowest BCUT2D eigenvalue weighted by Crippen LogP contribution is -2.35. The number of aryl methyl sites for hydroxylation is 1. The first kappa shape index (κ1) is 20.3. The van der Waals surface area contributed by atoms with Gasteiger partial charge in [0.15, 0.2) is 6.54 Å². The number of halogens is 1. The van der Waals surface area contributed by atoms with Crippen molar-refractivity contribution >= 4 is 49.3 Å². The fraction of sp³-hybridized carbons (Fsp3) is 0.471. The van der Waals surface area contributed by atoms with Crippen molar-refractivity contribution in [1.29, 1.82) is 0 Å². The minimum Gasteiger partial charge on any atom is -0.381 e. The first-order chi connectivity index (χ1) is 11.9. The maximum Gasteiger partial charge on any atom is 0.264 e. The summed E-state index contributed by atoms with van der Waals surface area (Å²) in [6.45, 7) is 4.04. The molecule has 0 aliphatic heterocycles. The molecule has 0 atom stereocenters. The lowest BCUT2D eigenvalue weighted by Gasteiger charge is -1.99. The smallest absolute Gasteiger partial charge is 0.264 e. The average molecular weight is 405 g/mol. The molecule has 0 saturated heterocycles. The topological polar surface area (TPSA) is 67.5 Å². The molecular weight excluding hydrogens is 382 g/mol. The summed E-state index contributed by atoms with van der Waals surface area (Å²) in [5.41, 5.74) is 1.04. The quantitative estimate of drug-likeness (QED) is 0.370. The fourth-order valence-corrected chi connectivity index (χ4v) is 4.30. The molecule has 0 aliphatic carbocycles. The molecule has 1 aromatic heterocycles. The summed E-state index contributed by atoms with van der Waals surface area (Å²) in [6.07, 6.45) is 6.06. The van der Waals surface area contributed by atoms with E-state index in [1.54, 1.807) is 11.3 Å². The summed E-state index contributed by atoms with van der Waals surface area (Å²) in [7, 11) is -3.90. The molecule has 1 N–H and O–H groups in total. The Labute approximate surface area is 157 Å². The van der Waals surface area contributed by atoms with Gasteiger partial charge in [0, 0.05) is 30.2 Å². The van der Waals surface area contributed by atoms with Crippen molar-refractivity contribution < 1.29 is 22.3 Å². The predicted molar refractivity (Wildman–Crippen MR) is 103 cm³/mol. The van der Waals surface area contributed by atoms with Crippen molar-refractivity contribution in [3.8, 4) is 0 Å². The molecule has 0 spiro atoms. The van der Waals surface area contributed by atoms with Gasteiger partial charge in [0.05, 0.1) is 12.4 Å². The number of hydrogen-bond acceptors (Lipinski definition) is 4. The summed E-state index contributed by atoms with van der Waals surface area (Å²) in [6, 6.07) is 5.79. The first-order valence-corrected chi connectivity index (χ1v) is 11.0. The fourth-order valence-electron chi connectivity index (χ4n) is 2.46. The van der Waals surface area contributed by atoms with Gasteiger partial charge in [-0.25, -0.2) is 0 Å². The lowest BCUT2D eigenvalue weighted by molar-refractivity contribution is -0.669. The van der Waals surface area contributed by atoms with Crippen molar-refractivity contribution in [3.63, 3.8) is 0 Å². The van der Waals surface area contributed by atoms with Crippen LogP contribution in [0.1, 0.15) is 31.2 Å². The van der Waals surface area contributed by atoms with E-state index in [0.717, 1.165) is 21.6 Å². The molecule has 1 heterocycles. The minimum absolute atomic E-state index is 0.212. The first-order valence-electron chi connectivity index (χ1n) is 8.22. The average Bonchev–Trinajstić information content (AvgIpc) is 2.87. The maximum atomic E-state index is 10.9. The number of thiazole rings is 1. The van der Waals surface area contributed by atoms with Crippen LogP contribution >= 0.6 is 22.9 Å². The van der Waals surface area contributed by atoms with E-state index in [1.165, 1.54) is 0 Å². The van der Waals surface area contributed by atoms with E-state index < -0.39 is 10.1 Å². The van der Waals surface area contributed by atoms with Crippen LogP contribution in [0.5, 0.6) is 0 Å². The Morgan fingerprint density at radius 3 is 2.88 bits per heavy atom. The number of unbranched alkanes of at least 4 members (excludes halogenated alkanes) is 1. The summed E-state index contributed by atoms with van der Waals surface area (Å²) in [4.78, 5) is 0. The van der Waals surface area contributed by atoms with E-state index in [0.29, 0.717) is 37.6 Å². The second-order valence-corrected chi connectivity index (χ2v) is 8.66. The van der Waals surface area contributed by atoms with E-state index >= 15 is 0 Å². The number of ether oxygens (including phenoxy) is 1. The van der Waals surface area contributed by atoms with Gasteiger partial charge in [-0.1, -0.05) is 29.0 Å². The van der Waals surface area contributed by atoms with E-state index in [4.69, 9.17) is 20.9 Å². The predicted octanol–water partition coefficient (Wildman–Crippen LogP) is 3.95. The molecule has 0 aliphatic rings. The van der Waals surface area contributed by atoms with Gasteiger partial charge in [0.25, 0.3) is 15.1 Å². The number of aromatic nitrogens is 1. The molecule has 8 heteroatoms. The normalized spacial score (nSPS) is 12.4. The van der Waals surface area contributed by atoms with Gasteiger partial charge >= 0.3 is 0 Å². The molecule has 2 aromatic rings. The van der Waals surface area contributed by atoms with Crippen LogP contribution in [-0.2, 0) is 21.4 Å². The standard InChI is InChI=1S/C17H22ClNO4S2/c1-2-23-11-5-3-7-17-19(10-4-6-12-25(20,21)22)15-13-14(18)8-9-16(15)24-17/h3,7-9,13H,2,4-6,10-12H2,1H3/p+1. The summed E-state index contributed by atoms with van der Waals surface area (Å²) in [5, 5.41) is 1.75. The Morgan fingerprint density at radius 1 is 1.36 bits per heavy atom. The van der Waals surface area contributed by atoms with E-state index in [1.807, 2.05) is 25.1 Å². The van der Waals surface area contributed by atoms with Crippen molar-refractivity contribution in [3.05, 3.63) is 34.3 Å². The molecule has 1 aromatic carbocycles. The van der Waals surface area contributed by atoms with Crippen LogP contribution in [-0.4, -0.2) is 31.9 Å². The van der Waals surface area contributed by atoms with Crippen molar-refractivity contribution in [1.82, 2.24) is 0 Å². The van der Waals surface area contributed by atoms with Gasteiger partial charge in [0.1, 0.15) is 4.70 Å². The molecule has 0 saturated carbocycles. The molecule has 5 nitrogen and oxygen atoms in total. The Hall–Kier alpha value is -0.990. The molecule has 138 valence electrons. The zero-order chi connectivity index (χ0) is 18.3. The Balaban J connectivity index is 2.15. The van der Waals surface area contributed by atoms with Crippen LogP contribution in [0.15, 0.2) is 24.3 Å². The van der Waals surface area contributed by atoms with Crippen LogP contribution in [0.2, 0.25) is 5.02 Å². The Morgan fingerprint density at radius 2 is 2.16 bits per heavy atom. The van der Waals surface area contributed by atoms with Gasteiger partial charge < -0.3 is 4.74 Å². The van der Waals surface area contributed by atoms with Crippen LogP contribution in [0, 0.1) is 0 Å². The van der Waals surface area contributed by atoms with Gasteiger partial charge in [-0.3, -0.25) is 4.55 Å². The molecule has 2 rings (SSSR count). The third-order valence-corrected chi connectivity index (χ3v) is 5.79. The molecule has 0 bridgehead atoms. The zero-order valence-electron chi connectivity index (χ0n) is 14.2. The van der Waals surface area contributed by atoms with Crippen LogP contribution in [0.4, 0.5) is 0 Å². The molecule has 0 amide bonds. The second-order valence-electron chi connectivity index (χ2n) is 5.59. The highest BCUT2D eigenvalue weighted by molar-refractivity contribution is 7.85. The number of nitrogens with zero attached hydrogens (tertiary/aromatic N) is 1. The van der Waals surface area contributed by atoms with Crippen LogP contribution in [0.3, 0.4) is 0 Å². The van der Waals surface area contributed by atoms with Gasteiger partial charge in [0.2, 0.25) is 5.52 Å². The van der Waals surface area contributed by atoms with Crippen LogP contribution in [0.25, 0.3) is 16.3 Å². The van der Waals surface area contributed by atoms with E-state index in [9.17, 15) is 8.42 Å². The third kappa shape index (κ3) is 6.67. The number of fused-ring (bicyclic) bond motifs is 1. The van der Waals surface area contributed by atoms with E-state index in [-0.39, 0.29) is 5.75 Å². The molecule has 25 heavy (non-hydrogen) atoms. The van der Waals surface area contributed by atoms with Crippen LogP contribution < -0.4 is 4.57 Å². The largest absolute Gasteiger partial charge is 0.381 e. The number of benzene rings is 1. The third-order valence-electron chi connectivity index (χ3n) is 3.62. The highest BCUT2D eigenvalue weighted by Crippen LogP contribution is 2.25. The van der Waals surface area contributed by atoms with E-state index in [2.05, 4.69) is 16.7 Å². The van der Waals surface area contributed by atoms with Crippen molar-refractivity contribution in [2.24, 2.45) is 0 Å². The molecule has 0 unspecified atom stereocenters. The lowest BCUT2D eigenvalue weighted by atomic mass is 10.3. The van der Waals surface area contributed by atoms with Crippen molar-refractivity contribution in [2.75, 3.05) is 19.0 Å². The molecule has 0 radical (unpaired) electrons. The highest BCUT2D eigenvalue weighted by Gasteiger charge is 2.19. The van der Waals surface area contributed by atoms with Gasteiger partial charge in [-0.2, -0.15) is 13.0 Å². The summed E-state index contributed by atoms with van der Waals surface area (Å²) < 4.78 is 39.2. The Kier molecular flexibility index (Phi) is 7.83. The zero-order valence-corrected chi connectivity index (χ0v) is 16.5. The molecular formula is C17H23ClNO4S2+. The van der Waals surface area contributed by atoms with Gasteiger partial charge in [-0.05, 0) is 31.9 Å².